The molecule has 3 aromatic rings. The van der Waals surface area contributed by atoms with Crippen LogP contribution in [0.4, 0.5) is 10.6 Å². The van der Waals surface area contributed by atoms with Crippen molar-refractivity contribution < 1.29 is 9.59 Å². The van der Waals surface area contributed by atoms with E-state index in [-0.39, 0.29) is 16.4 Å². The summed E-state index contributed by atoms with van der Waals surface area (Å²) in [6, 6.07) is 13.3. The Morgan fingerprint density at radius 2 is 1.69 bits per heavy atom. The molecule has 26 heavy (non-hydrogen) atoms. The minimum absolute atomic E-state index is 0.209. The zero-order valence-corrected chi connectivity index (χ0v) is 15.6. The SMILES string of the molecule is O=C(NC(=O)c1ccccc1Cl)Nc1cnc(-c2ccc(Br)cc2)cn1. The Labute approximate surface area is 162 Å². The fraction of sp³-hybridized carbons (Fsp3) is 0. The monoisotopic (exact) mass is 430 g/mol. The fourth-order valence-corrected chi connectivity index (χ4v) is 2.61. The van der Waals surface area contributed by atoms with E-state index in [0.29, 0.717) is 5.69 Å². The van der Waals surface area contributed by atoms with Crippen molar-refractivity contribution in [3.05, 3.63) is 76.0 Å². The van der Waals surface area contributed by atoms with Crippen LogP contribution >= 0.6 is 27.5 Å². The van der Waals surface area contributed by atoms with Crippen molar-refractivity contribution in [1.82, 2.24) is 15.3 Å². The van der Waals surface area contributed by atoms with E-state index in [1.165, 1.54) is 18.5 Å². The fourth-order valence-electron chi connectivity index (χ4n) is 2.13. The number of carbonyl (C=O) groups excluding carboxylic acids is 2. The van der Waals surface area contributed by atoms with E-state index in [0.717, 1.165) is 10.0 Å². The molecule has 2 aromatic carbocycles. The Balaban J connectivity index is 1.63. The summed E-state index contributed by atoms with van der Waals surface area (Å²) < 4.78 is 0.965. The third-order valence-corrected chi connectivity index (χ3v) is 4.24. The lowest BCUT2D eigenvalue weighted by Gasteiger charge is -2.07. The average molecular weight is 432 g/mol. The van der Waals surface area contributed by atoms with Gasteiger partial charge in [-0.05, 0) is 24.3 Å². The molecule has 0 aliphatic heterocycles. The molecule has 0 unspecified atom stereocenters. The first-order valence-corrected chi connectivity index (χ1v) is 8.65. The van der Waals surface area contributed by atoms with Crippen molar-refractivity contribution in [2.75, 3.05) is 5.32 Å². The maximum atomic E-state index is 12.0. The summed E-state index contributed by atoms with van der Waals surface area (Å²) in [6.45, 7) is 0. The molecular weight excluding hydrogens is 420 g/mol. The Morgan fingerprint density at radius 1 is 0.962 bits per heavy atom. The van der Waals surface area contributed by atoms with Crippen LogP contribution in [0.3, 0.4) is 0 Å². The van der Waals surface area contributed by atoms with Gasteiger partial charge in [-0.3, -0.25) is 20.4 Å². The summed E-state index contributed by atoms with van der Waals surface area (Å²) in [7, 11) is 0. The van der Waals surface area contributed by atoms with Gasteiger partial charge in [-0.25, -0.2) is 9.78 Å². The molecule has 0 atom stereocenters. The van der Waals surface area contributed by atoms with Gasteiger partial charge in [-0.15, -0.1) is 0 Å². The second-order valence-electron chi connectivity index (χ2n) is 5.18. The minimum Gasteiger partial charge on any atom is -0.291 e. The highest BCUT2D eigenvalue weighted by Crippen LogP contribution is 2.19. The lowest BCUT2D eigenvalue weighted by atomic mass is 10.2. The number of aromatic nitrogens is 2. The normalized spacial score (nSPS) is 10.2. The predicted octanol–water partition coefficient (Wildman–Crippen LogP) is 4.52. The molecule has 0 saturated carbocycles. The van der Waals surface area contributed by atoms with Gasteiger partial charge in [-0.2, -0.15) is 0 Å². The van der Waals surface area contributed by atoms with Crippen LogP contribution in [0.25, 0.3) is 11.3 Å². The van der Waals surface area contributed by atoms with E-state index in [9.17, 15) is 9.59 Å². The van der Waals surface area contributed by atoms with Crippen LogP contribution in [-0.4, -0.2) is 21.9 Å². The van der Waals surface area contributed by atoms with Gasteiger partial charge in [0.25, 0.3) is 5.91 Å². The maximum absolute atomic E-state index is 12.0. The number of hydrogen-bond acceptors (Lipinski definition) is 4. The smallest absolute Gasteiger partial charge is 0.291 e. The lowest BCUT2D eigenvalue weighted by Crippen LogP contribution is -2.34. The van der Waals surface area contributed by atoms with E-state index in [2.05, 4.69) is 36.5 Å². The molecule has 0 aliphatic rings. The van der Waals surface area contributed by atoms with Crippen molar-refractivity contribution in [2.24, 2.45) is 0 Å². The number of urea groups is 1. The number of hydrogen-bond donors (Lipinski definition) is 2. The number of amides is 3. The molecule has 130 valence electrons. The van der Waals surface area contributed by atoms with E-state index in [1.807, 2.05) is 24.3 Å². The van der Waals surface area contributed by atoms with Gasteiger partial charge in [0.15, 0.2) is 5.82 Å². The number of anilines is 1. The lowest BCUT2D eigenvalue weighted by molar-refractivity contribution is 0.0967. The number of imide groups is 1. The highest BCUT2D eigenvalue weighted by Gasteiger charge is 2.13. The van der Waals surface area contributed by atoms with Crippen molar-refractivity contribution in [3.63, 3.8) is 0 Å². The van der Waals surface area contributed by atoms with Crippen molar-refractivity contribution in [2.45, 2.75) is 0 Å². The predicted molar refractivity (Wildman–Crippen MR) is 103 cm³/mol. The second-order valence-corrected chi connectivity index (χ2v) is 6.50. The largest absolute Gasteiger partial charge is 0.327 e. The van der Waals surface area contributed by atoms with Crippen LogP contribution in [0.15, 0.2) is 65.4 Å². The molecule has 0 bridgehead atoms. The topological polar surface area (TPSA) is 84.0 Å². The molecule has 0 spiro atoms. The van der Waals surface area contributed by atoms with Gasteiger partial charge in [0.05, 0.1) is 28.7 Å². The third-order valence-electron chi connectivity index (χ3n) is 3.38. The number of nitrogens with one attached hydrogen (secondary N) is 2. The number of benzene rings is 2. The number of carbonyl (C=O) groups is 2. The minimum atomic E-state index is -0.722. The van der Waals surface area contributed by atoms with Gasteiger partial charge >= 0.3 is 6.03 Å². The van der Waals surface area contributed by atoms with Crippen molar-refractivity contribution in [1.29, 1.82) is 0 Å². The van der Waals surface area contributed by atoms with E-state index >= 15 is 0 Å². The molecule has 6 nitrogen and oxygen atoms in total. The Kier molecular flexibility index (Phi) is 5.60. The number of rotatable bonds is 3. The average Bonchev–Trinajstić information content (AvgIpc) is 2.63. The zero-order valence-electron chi connectivity index (χ0n) is 13.2. The summed E-state index contributed by atoms with van der Waals surface area (Å²) in [5.41, 5.74) is 1.77. The molecule has 0 aliphatic carbocycles. The summed E-state index contributed by atoms with van der Waals surface area (Å²) in [5.74, 6) is -0.386. The van der Waals surface area contributed by atoms with Gasteiger partial charge < -0.3 is 0 Å². The Bertz CT molecular complexity index is 946. The summed E-state index contributed by atoms with van der Waals surface area (Å²) in [5, 5.41) is 4.91. The standard InChI is InChI=1S/C18H12BrClN4O2/c19-12-7-5-11(6-8-12)15-9-22-16(10-21-15)23-18(26)24-17(25)13-3-1-2-4-14(13)20/h1-10H,(H2,22,23,24,25,26). The Morgan fingerprint density at radius 3 is 2.35 bits per heavy atom. The van der Waals surface area contributed by atoms with Gasteiger partial charge in [0, 0.05) is 10.0 Å². The van der Waals surface area contributed by atoms with Gasteiger partial charge in [0.1, 0.15) is 0 Å². The number of halogens is 2. The number of nitrogens with zero attached hydrogens (tertiary/aromatic N) is 2. The summed E-state index contributed by atoms with van der Waals surface area (Å²) in [6.07, 6.45) is 2.95. The molecule has 1 heterocycles. The van der Waals surface area contributed by atoms with E-state index in [1.54, 1.807) is 18.2 Å². The first kappa shape index (κ1) is 18.0. The molecule has 3 amide bonds. The first-order valence-electron chi connectivity index (χ1n) is 7.48. The van der Waals surface area contributed by atoms with Crippen molar-refractivity contribution >= 4 is 45.3 Å². The molecular formula is C18H12BrClN4O2. The summed E-state index contributed by atoms with van der Waals surface area (Å²) in [4.78, 5) is 32.4. The molecule has 0 fully saturated rings. The zero-order chi connectivity index (χ0) is 18.5. The Hall–Kier alpha value is -2.77. The van der Waals surface area contributed by atoms with Crippen molar-refractivity contribution in [3.8, 4) is 11.3 Å². The maximum Gasteiger partial charge on any atom is 0.327 e. The quantitative estimate of drug-likeness (QED) is 0.638. The second kappa shape index (κ2) is 8.07. The van der Waals surface area contributed by atoms with Gasteiger partial charge in [0.2, 0.25) is 0 Å². The molecule has 0 saturated heterocycles. The molecule has 0 radical (unpaired) electrons. The van der Waals surface area contributed by atoms with Crippen LogP contribution < -0.4 is 10.6 Å². The summed E-state index contributed by atoms with van der Waals surface area (Å²) >= 11 is 9.30. The van der Waals surface area contributed by atoms with E-state index in [4.69, 9.17) is 11.6 Å². The van der Waals surface area contributed by atoms with Crippen LogP contribution in [0.1, 0.15) is 10.4 Å². The molecule has 2 N–H and O–H groups in total. The third kappa shape index (κ3) is 4.44. The molecule has 1 aromatic heterocycles. The highest BCUT2D eigenvalue weighted by molar-refractivity contribution is 9.10. The first-order chi connectivity index (χ1) is 12.5. The molecule has 8 heteroatoms. The van der Waals surface area contributed by atoms with E-state index < -0.39 is 11.9 Å². The molecule has 3 rings (SSSR count). The van der Waals surface area contributed by atoms with Crippen LogP contribution in [0, 0.1) is 0 Å². The van der Waals surface area contributed by atoms with Crippen LogP contribution in [0.5, 0.6) is 0 Å². The van der Waals surface area contributed by atoms with Gasteiger partial charge in [-0.1, -0.05) is 51.8 Å². The highest BCUT2D eigenvalue weighted by atomic mass is 79.9. The van der Waals surface area contributed by atoms with Crippen LogP contribution in [-0.2, 0) is 0 Å². The van der Waals surface area contributed by atoms with Crippen LogP contribution in [0.2, 0.25) is 5.02 Å².